The number of carbonyl (C=O) groups is 3. The lowest BCUT2D eigenvalue weighted by Crippen LogP contribution is -2.54. The Labute approximate surface area is 142 Å². The Morgan fingerprint density at radius 3 is 2.46 bits per heavy atom. The van der Waals surface area contributed by atoms with Crippen LogP contribution in [-0.4, -0.2) is 59.2 Å². The standard InChI is InChI=1S/C17H28N4O3/c1-10-6-13(16(19)23)20(8-10)17(24)15-12-5-3-2-4-11(12)9-21(15)14(22)7-18/h10-13,15H,2-9,18H2,1H3,(H2,19,23)/t10?,11?,12?,13?,15-/m0/s1. The van der Waals surface area contributed by atoms with Crippen LogP contribution in [0.15, 0.2) is 0 Å². The molecule has 2 heterocycles. The Balaban J connectivity index is 1.86. The van der Waals surface area contributed by atoms with E-state index in [4.69, 9.17) is 11.5 Å². The van der Waals surface area contributed by atoms with Crippen molar-refractivity contribution in [2.75, 3.05) is 19.6 Å². The molecule has 0 radical (unpaired) electrons. The molecule has 3 amide bonds. The van der Waals surface area contributed by atoms with Crippen molar-refractivity contribution in [1.82, 2.24) is 9.80 Å². The molecule has 1 saturated carbocycles. The number of amides is 3. The molecule has 2 saturated heterocycles. The summed E-state index contributed by atoms with van der Waals surface area (Å²) in [7, 11) is 0. The molecular formula is C17H28N4O3. The number of rotatable bonds is 3. The van der Waals surface area contributed by atoms with E-state index in [0.29, 0.717) is 25.4 Å². The quantitative estimate of drug-likeness (QED) is 0.736. The highest BCUT2D eigenvalue weighted by Gasteiger charge is 2.51. The first-order chi connectivity index (χ1) is 11.4. The molecule has 7 heteroatoms. The lowest BCUT2D eigenvalue weighted by atomic mass is 9.78. The summed E-state index contributed by atoms with van der Waals surface area (Å²) in [4.78, 5) is 40.6. The highest BCUT2D eigenvalue weighted by molar-refractivity contribution is 5.93. The molecule has 0 aromatic carbocycles. The number of nitrogens with zero attached hydrogens (tertiary/aromatic N) is 2. The molecule has 1 aliphatic carbocycles. The third kappa shape index (κ3) is 2.90. The Bertz CT molecular complexity index is 538. The fraction of sp³-hybridized carbons (Fsp3) is 0.824. The molecule has 3 fully saturated rings. The first-order valence-corrected chi connectivity index (χ1v) is 9.03. The third-order valence-corrected chi connectivity index (χ3v) is 6.01. The van der Waals surface area contributed by atoms with E-state index < -0.39 is 18.0 Å². The maximum Gasteiger partial charge on any atom is 0.246 e. The van der Waals surface area contributed by atoms with Crippen molar-refractivity contribution in [2.24, 2.45) is 29.2 Å². The molecule has 4 N–H and O–H groups in total. The van der Waals surface area contributed by atoms with Crippen molar-refractivity contribution in [1.29, 1.82) is 0 Å². The van der Waals surface area contributed by atoms with E-state index >= 15 is 0 Å². The third-order valence-electron chi connectivity index (χ3n) is 6.01. The van der Waals surface area contributed by atoms with Gasteiger partial charge in [0.2, 0.25) is 17.7 Å². The largest absolute Gasteiger partial charge is 0.368 e. The van der Waals surface area contributed by atoms with Crippen molar-refractivity contribution in [2.45, 2.75) is 51.1 Å². The van der Waals surface area contributed by atoms with Crippen LogP contribution in [0.1, 0.15) is 39.0 Å². The molecule has 5 atom stereocenters. The van der Waals surface area contributed by atoms with Crippen LogP contribution >= 0.6 is 0 Å². The minimum absolute atomic E-state index is 0.0845. The van der Waals surface area contributed by atoms with E-state index in [0.717, 1.165) is 25.7 Å². The first-order valence-electron chi connectivity index (χ1n) is 9.03. The average molecular weight is 336 g/mol. The molecule has 0 aromatic heterocycles. The molecule has 134 valence electrons. The highest BCUT2D eigenvalue weighted by atomic mass is 16.2. The maximum atomic E-state index is 13.3. The van der Waals surface area contributed by atoms with E-state index in [2.05, 4.69) is 0 Å². The normalized spacial score (nSPS) is 35.8. The first kappa shape index (κ1) is 17.2. The second kappa shape index (κ2) is 6.70. The number of hydrogen-bond donors (Lipinski definition) is 2. The Morgan fingerprint density at radius 1 is 1.08 bits per heavy atom. The lowest BCUT2D eigenvalue weighted by molar-refractivity contribution is -0.147. The zero-order valence-corrected chi connectivity index (χ0v) is 14.3. The molecule has 7 nitrogen and oxygen atoms in total. The van der Waals surface area contributed by atoms with Gasteiger partial charge in [-0.3, -0.25) is 14.4 Å². The fourth-order valence-electron chi connectivity index (χ4n) is 4.90. The summed E-state index contributed by atoms with van der Waals surface area (Å²) in [5.74, 6) is 0.0580. The summed E-state index contributed by atoms with van der Waals surface area (Å²) in [6.07, 6.45) is 4.86. The zero-order chi connectivity index (χ0) is 17.4. The van der Waals surface area contributed by atoms with Gasteiger partial charge in [0.25, 0.3) is 0 Å². The second-order valence-corrected chi connectivity index (χ2v) is 7.65. The van der Waals surface area contributed by atoms with Crippen LogP contribution in [-0.2, 0) is 14.4 Å². The smallest absolute Gasteiger partial charge is 0.246 e. The number of primary amides is 1. The van der Waals surface area contributed by atoms with Gasteiger partial charge in [0, 0.05) is 13.1 Å². The maximum absolute atomic E-state index is 13.3. The summed E-state index contributed by atoms with van der Waals surface area (Å²) in [5, 5.41) is 0. The monoisotopic (exact) mass is 336 g/mol. The molecule has 0 aromatic rings. The van der Waals surface area contributed by atoms with Crippen molar-refractivity contribution in [3.05, 3.63) is 0 Å². The average Bonchev–Trinajstić information content (AvgIpc) is 3.14. The SMILES string of the molecule is CC1CC(C(N)=O)N(C(=O)[C@@H]2C3CCCCC3CN2C(=O)CN)C1. The number of fused-ring (bicyclic) bond motifs is 1. The fourth-order valence-corrected chi connectivity index (χ4v) is 4.90. The van der Waals surface area contributed by atoms with Crippen LogP contribution in [0.2, 0.25) is 0 Å². The summed E-state index contributed by atoms with van der Waals surface area (Å²) in [6.45, 7) is 3.08. The van der Waals surface area contributed by atoms with E-state index in [1.165, 1.54) is 0 Å². The van der Waals surface area contributed by atoms with Gasteiger partial charge in [0.15, 0.2) is 0 Å². The minimum Gasteiger partial charge on any atom is -0.368 e. The van der Waals surface area contributed by atoms with Gasteiger partial charge in [-0.2, -0.15) is 0 Å². The second-order valence-electron chi connectivity index (χ2n) is 7.65. The molecule has 4 unspecified atom stereocenters. The van der Waals surface area contributed by atoms with Crippen LogP contribution in [0.25, 0.3) is 0 Å². The van der Waals surface area contributed by atoms with Crippen LogP contribution in [0.5, 0.6) is 0 Å². The van der Waals surface area contributed by atoms with Gasteiger partial charge in [-0.15, -0.1) is 0 Å². The number of likely N-dealkylation sites (tertiary alicyclic amines) is 2. The predicted molar refractivity (Wildman–Crippen MR) is 88.5 cm³/mol. The van der Waals surface area contributed by atoms with Crippen LogP contribution in [0.3, 0.4) is 0 Å². The Hall–Kier alpha value is -1.63. The van der Waals surface area contributed by atoms with Crippen molar-refractivity contribution < 1.29 is 14.4 Å². The Kier molecular flexibility index (Phi) is 4.80. The molecule has 0 spiro atoms. The van der Waals surface area contributed by atoms with E-state index in [1.807, 2.05) is 6.92 Å². The van der Waals surface area contributed by atoms with Crippen molar-refractivity contribution in [3.8, 4) is 0 Å². The zero-order valence-electron chi connectivity index (χ0n) is 14.3. The summed E-state index contributed by atoms with van der Waals surface area (Å²) in [6, 6.07) is -1.02. The lowest BCUT2D eigenvalue weighted by Gasteiger charge is -2.34. The molecule has 3 aliphatic rings. The van der Waals surface area contributed by atoms with Gasteiger partial charge >= 0.3 is 0 Å². The molecule has 24 heavy (non-hydrogen) atoms. The molecule has 2 aliphatic heterocycles. The van der Waals surface area contributed by atoms with E-state index in [-0.39, 0.29) is 30.2 Å². The molecule has 0 bridgehead atoms. The topological polar surface area (TPSA) is 110 Å². The van der Waals surface area contributed by atoms with Crippen molar-refractivity contribution >= 4 is 17.7 Å². The number of carbonyl (C=O) groups excluding carboxylic acids is 3. The minimum atomic E-state index is -0.551. The highest BCUT2D eigenvalue weighted by Crippen LogP contribution is 2.42. The van der Waals surface area contributed by atoms with Crippen molar-refractivity contribution in [3.63, 3.8) is 0 Å². The summed E-state index contributed by atoms with van der Waals surface area (Å²) in [5.41, 5.74) is 11.1. The van der Waals surface area contributed by atoms with Gasteiger partial charge in [0.1, 0.15) is 12.1 Å². The van der Waals surface area contributed by atoms with Crippen LogP contribution in [0, 0.1) is 17.8 Å². The summed E-state index contributed by atoms with van der Waals surface area (Å²) >= 11 is 0. The van der Waals surface area contributed by atoms with Crippen LogP contribution in [0.4, 0.5) is 0 Å². The number of hydrogen-bond acceptors (Lipinski definition) is 4. The number of nitrogens with two attached hydrogens (primary N) is 2. The van der Waals surface area contributed by atoms with Gasteiger partial charge in [-0.1, -0.05) is 19.8 Å². The van der Waals surface area contributed by atoms with Gasteiger partial charge in [0.05, 0.1) is 6.54 Å². The van der Waals surface area contributed by atoms with Gasteiger partial charge in [-0.05, 0) is 37.0 Å². The molecule has 3 rings (SSSR count). The van der Waals surface area contributed by atoms with E-state index in [9.17, 15) is 14.4 Å². The van der Waals surface area contributed by atoms with Gasteiger partial charge in [-0.25, -0.2) is 0 Å². The summed E-state index contributed by atoms with van der Waals surface area (Å²) < 4.78 is 0. The van der Waals surface area contributed by atoms with E-state index in [1.54, 1.807) is 9.80 Å². The van der Waals surface area contributed by atoms with Gasteiger partial charge < -0.3 is 21.3 Å². The molecular weight excluding hydrogens is 308 g/mol. The van der Waals surface area contributed by atoms with Crippen LogP contribution < -0.4 is 11.5 Å². The predicted octanol–water partition coefficient (Wildman–Crippen LogP) is -0.315. The Morgan fingerprint density at radius 2 is 1.79 bits per heavy atom.